The molecule has 0 aliphatic rings. The van der Waals surface area contributed by atoms with Crippen molar-refractivity contribution >= 4 is 34.7 Å². The average molecular weight is 354 g/mol. The Bertz CT molecular complexity index is 746. The number of alkyl halides is 3. The summed E-state index contributed by atoms with van der Waals surface area (Å²) < 4.78 is 43.4. The van der Waals surface area contributed by atoms with Crippen molar-refractivity contribution in [3.8, 4) is 0 Å². The fourth-order valence-electron chi connectivity index (χ4n) is 1.93. The first kappa shape index (κ1) is 17.7. The van der Waals surface area contributed by atoms with Gasteiger partial charge in [-0.3, -0.25) is 0 Å². The number of ether oxygens (including phenoxy) is 1. The van der Waals surface area contributed by atoms with Gasteiger partial charge in [0.05, 0.1) is 23.9 Å². The summed E-state index contributed by atoms with van der Waals surface area (Å²) in [6.45, 7) is 0. The largest absolute Gasteiger partial charge is 0.465 e. The van der Waals surface area contributed by atoms with Crippen LogP contribution in [0.2, 0.25) is 0 Å². The van der Waals surface area contributed by atoms with E-state index in [0.29, 0.717) is 11.3 Å². The van der Waals surface area contributed by atoms with E-state index < -0.39 is 17.7 Å². The zero-order valence-electron chi connectivity index (χ0n) is 12.5. The second-order valence-electron chi connectivity index (χ2n) is 4.69. The molecular weight excluding hydrogens is 341 g/mol. The highest BCUT2D eigenvalue weighted by Crippen LogP contribution is 2.34. The molecule has 0 aliphatic heterocycles. The number of halogens is 3. The summed E-state index contributed by atoms with van der Waals surface area (Å²) in [6.07, 6.45) is -4.48. The molecule has 24 heavy (non-hydrogen) atoms. The number of nitrogens with one attached hydrogen (secondary N) is 2. The predicted molar refractivity (Wildman–Crippen MR) is 89.1 cm³/mol. The van der Waals surface area contributed by atoms with Crippen LogP contribution in [0.15, 0.2) is 48.5 Å². The molecule has 0 saturated heterocycles. The van der Waals surface area contributed by atoms with Crippen LogP contribution in [0.25, 0.3) is 0 Å². The van der Waals surface area contributed by atoms with Crippen LogP contribution in [0.3, 0.4) is 0 Å². The summed E-state index contributed by atoms with van der Waals surface area (Å²) in [5.74, 6) is -0.485. The molecule has 8 heteroatoms. The minimum atomic E-state index is -4.48. The Kier molecular flexibility index (Phi) is 5.40. The number of carbonyl (C=O) groups excluding carboxylic acids is 1. The normalized spacial score (nSPS) is 10.8. The van der Waals surface area contributed by atoms with Gasteiger partial charge in [-0.2, -0.15) is 13.2 Å². The van der Waals surface area contributed by atoms with Crippen LogP contribution >= 0.6 is 12.2 Å². The summed E-state index contributed by atoms with van der Waals surface area (Å²) >= 11 is 5.03. The number of methoxy groups -OCH3 is 1. The summed E-state index contributed by atoms with van der Waals surface area (Å²) in [7, 11) is 1.27. The third kappa shape index (κ3) is 4.45. The summed E-state index contributed by atoms with van der Waals surface area (Å²) in [4.78, 5) is 11.3. The van der Waals surface area contributed by atoms with E-state index in [2.05, 4.69) is 15.4 Å². The molecule has 0 unspecified atom stereocenters. The standard InChI is InChI=1S/C16H13F3N2O2S/c1-23-14(22)10-6-8-11(9-7-10)20-15(24)21-13-5-3-2-4-12(13)16(17,18)19/h2-9H,1H3,(H2,20,21,24). The average Bonchev–Trinajstić information content (AvgIpc) is 2.54. The fraction of sp³-hybridized carbons (Fsp3) is 0.125. The minimum absolute atomic E-state index is 0.00230. The van der Waals surface area contributed by atoms with Crippen molar-refractivity contribution in [2.75, 3.05) is 17.7 Å². The maximum Gasteiger partial charge on any atom is 0.418 e. The zero-order valence-corrected chi connectivity index (χ0v) is 13.3. The van der Waals surface area contributed by atoms with Gasteiger partial charge in [0, 0.05) is 5.69 Å². The second-order valence-corrected chi connectivity index (χ2v) is 5.10. The lowest BCUT2D eigenvalue weighted by atomic mass is 10.1. The SMILES string of the molecule is COC(=O)c1ccc(NC(=S)Nc2ccccc2C(F)(F)F)cc1. The molecule has 0 spiro atoms. The van der Waals surface area contributed by atoms with E-state index >= 15 is 0 Å². The Morgan fingerprint density at radius 3 is 2.25 bits per heavy atom. The monoisotopic (exact) mass is 354 g/mol. The van der Waals surface area contributed by atoms with E-state index in [0.717, 1.165) is 6.07 Å². The summed E-state index contributed by atoms with van der Waals surface area (Å²) in [5, 5.41) is 5.27. The van der Waals surface area contributed by atoms with Crippen LogP contribution in [0.4, 0.5) is 24.5 Å². The zero-order chi connectivity index (χ0) is 17.7. The highest BCUT2D eigenvalue weighted by Gasteiger charge is 2.33. The van der Waals surface area contributed by atoms with Gasteiger partial charge in [0.2, 0.25) is 0 Å². The van der Waals surface area contributed by atoms with Crippen LogP contribution < -0.4 is 10.6 Å². The first-order valence-corrected chi connectivity index (χ1v) is 7.14. The van der Waals surface area contributed by atoms with Gasteiger partial charge in [-0.05, 0) is 48.6 Å². The molecule has 0 amide bonds. The smallest absolute Gasteiger partial charge is 0.418 e. The molecular formula is C16H13F3N2O2S. The molecule has 2 N–H and O–H groups in total. The van der Waals surface area contributed by atoms with Gasteiger partial charge >= 0.3 is 12.1 Å². The van der Waals surface area contributed by atoms with Crippen molar-refractivity contribution in [1.29, 1.82) is 0 Å². The molecule has 2 aromatic carbocycles. The Morgan fingerprint density at radius 1 is 1.04 bits per heavy atom. The van der Waals surface area contributed by atoms with Crippen molar-refractivity contribution < 1.29 is 22.7 Å². The molecule has 0 bridgehead atoms. The van der Waals surface area contributed by atoms with Crippen LogP contribution in [0, 0.1) is 0 Å². The topological polar surface area (TPSA) is 50.4 Å². The third-order valence-corrected chi connectivity index (χ3v) is 3.25. The maximum absolute atomic E-state index is 12.9. The van der Waals surface area contributed by atoms with E-state index in [4.69, 9.17) is 12.2 Å². The highest BCUT2D eigenvalue weighted by atomic mass is 32.1. The number of benzene rings is 2. The van der Waals surface area contributed by atoms with Crippen molar-refractivity contribution in [3.63, 3.8) is 0 Å². The van der Waals surface area contributed by atoms with Crippen LogP contribution in [0.1, 0.15) is 15.9 Å². The second kappa shape index (κ2) is 7.31. The third-order valence-electron chi connectivity index (χ3n) is 3.04. The number of hydrogen-bond donors (Lipinski definition) is 2. The van der Waals surface area contributed by atoms with E-state index in [1.54, 1.807) is 12.1 Å². The first-order chi connectivity index (χ1) is 11.3. The number of para-hydroxylation sites is 1. The van der Waals surface area contributed by atoms with Crippen LogP contribution in [0.5, 0.6) is 0 Å². The molecule has 0 saturated carbocycles. The van der Waals surface area contributed by atoms with Crippen LogP contribution in [-0.2, 0) is 10.9 Å². The van der Waals surface area contributed by atoms with Gasteiger partial charge < -0.3 is 15.4 Å². The predicted octanol–water partition coefficient (Wildman–Crippen LogP) is 4.30. The Hall–Kier alpha value is -2.61. The maximum atomic E-state index is 12.9. The lowest BCUT2D eigenvalue weighted by molar-refractivity contribution is -0.136. The van der Waals surface area contributed by atoms with Crippen molar-refractivity contribution in [2.24, 2.45) is 0 Å². The van der Waals surface area contributed by atoms with E-state index in [9.17, 15) is 18.0 Å². The quantitative estimate of drug-likeness (QED) is 0.636. The number of anilines is 2. The first-order valence-electron chi connectivity index (χ1n) is 6.74. The Morgan fingerprint density at radius 2 is 1.67 bits per heavy atom. The number of rotatable bonds is 3. The van der Waals surface area contributed by atoms with E-state index in [1.165, 1.54) is 37.4 Å². The number of esters is 1. The van der Waals surface area contributed by atoms with Gasteiger partial charge in [-0.15, -0.1) is 0 Å². The lowest BCUT2D eigenvalue weighted by Crippen LogP contribution is -2.21. The lowest BCUT2D eigenvalue weighted by Gasteiger charge is -2.15. The Balaban J connectivity index is 2.08. The molecule has 0 aromatic heterocycles. The van der Waals surface area contributed by atoms with Crippen molar-refractivity contribution in [2.45, 2.75) is 6.18 Å². The van der Waals surface area contributed by atoms with E-state index in [1.807, 2.05) is 0 Å². The number of thiocarbonyl (C=S) groups is 1. The molecule has 0 heterocycles. The van der Waals surface area contributed by atoms with Gasteiger partial charge in [-0.25, -0.2) is 4.79 Å². The molecule has 0 atom stereocenters. The molecule has 0 radical (unpaired) electrons. The summed E-state index contributed by atoms with van der Waals surface area (Å²) in [5.41, 5.74) is -0.0853. The minimum Gasteiger partial charge on any atom is -0.465 e. The van der Waals surface area contributed by atoms with Gasteiger partial charge in [0.1, 0.15) is 0 Å². The molecule has 126 valence electrons. The number of carbonyl (C=O) groups is 1. The highest BCUT2D eigenvalue weighted by molar-refractivity contribution is 7.80. The molecule has 2 rings (SSSR count). The van der Waals surface area contributed by atoms with E-state index in [-0.39, 0.29) is 10.8 Å². The summed E-state index contributed by atoms with van der Waals surface area (Å²) in [6, 6.07) is 11.2. The molecule has 4 nitrogen and oxygen atoms in total. The van der Waals surface area contributed by atoms with Crippen molar-refractivity contribution in [3.05, 3.63) is 59.7 Å². The van der Waals surface area contributed by atoms with Gasteiger partial charge in [-0.1, -0.05) is 12.1 Å². The number of hydrogen-bond acceptors (Lipinski definition) is 3. The van der Waals surface area contributed by atoms with Crippen molar-refractivity contribution in [1.82, 2.24) is 0 Å². The molecule has 0 aliphatic carbocycles. The Labute approximate surface area is 141 Å². The van der Waals surface area contributed by atoms with Gasteiger partial charge in [0.25, 0.3) is 0 Å². The van der Waals surface area contributed by atoms with Gasteiger partial charge in [0.15, 0.2) is 5.11 Å². The fourth-order valence-corrected chi connectivity index (χ4v) is 2.16. The molecule has 2 aromatic rings. The van der Waals surface area contributed by atoms with Crippen LogP contribution in [-0.4, -0.2) is 18.2 Å². The molecule has 0 fully saturated rings.